The Hall–Kier alpha value is -0.900. The van der Waals surface area contributed by atoms with Crippen LogP contribution in [0.25, 0.3) is 0 Å². The summed E-state index contributed by atoms with van der Waals surface area (Å²) in [6.45, 7) is 7.22. The van der Waals surface area contributed by atoms with Crippen LogP contribution in [0.1, 0.15) is 43.9 Å². The second-order valence-electron chi connectivity index (χ2n) is 5.95. The summed E-state index contributed by atoms with van der Waals surface area (Å²) in [7, 11) is 1.97. The lowest BCUT2D eigenvalue weighted by molar-refractivity contribution is -0.121. The molecule has 0 spiro atoms. The van der Waals surface area contributed by atoms with Gasteiger partial charge < -0.3 is 14.8 Å². The topological polar surface area (TPSA) is 30.5 Å². The van der Waals surface area contributed by atoms with Crippen molar-refractivity contribution in [2.45, 2.75) is 58.0 Å². The van der Waals surface area contributed by atoms with E-state index in [1.807, 2.05) is 7.05 Å². The molecule has 0 aromatic heterocycles. The largest absolute Gasteiger partial charge is 0.375 e. The summed E-state index contributed by atoms with van der Waals surface area (Å²) in [5.41, 5.74) is 2.53. The van der Waals surface area contributed by atoms with Crippen molar-refractivity contribution in [3.63, 3.8) is 0 Å². The highest BCUT2D eigenvalue weighted by molar-refractivity contribution is 5.24. The van der Waals surface area contributed by atoms with Crippen molar-refractivity contribution in [2.24, 2.45) is 0 Å². The normalized spacial score (nSPS) is 28.3. The molecule has 20 heavy (non-hydrogen) atoms. The van der Waals surface area contributed by atoms with Crippen molar-refractivity contribution in [1.82, 2.24) is 5.32 Å². The third-order valence-corrected chi connectivity index (χ3v) is 3.81. The number of benzene rings is 1. The number of hydrogen-bond acceptors (Lipinski definition) is 3. The Labute approximate surface area is 122 Å². The molecule has 0 radical (unpaired) electrons. The van der Waals surface area contributed by atoms with E-state index in [1.54, 1.807) is 0 Å². The van der Waals surface area contributed by atoms with Crippen molar-refractivity contribution in [3.05, 3.63) is 35.4 Å². The van der Waals surface area contributed by atoms with Gasteiger partial charge in [0.05, 0.1) is 24.4 Å². The number of ether oxygens (including phenoxy) is 2. The van der Waals surface area contributed by atoms with Crippen LogP contribution in [0, 0.1) is 6.92 Å². The zero-order valence-electron chi connectivity index (χ0n) is 13.1. The first-order valence-electron chi connectivity index (χ1n) is 7.60. The molecule has 112 valence electrons. The van der Waals surface area contributed by atoms with Crippen LogP contribution >= 0.6 is 0 Å². The van der Waals surface area contributed by atoms with Crippen molar-refractivity contribution < 1.29 is 9.47 Å². The predicted molar refractivity (Wildman–Crippen MR) is 82.0 cm³/mol. The predicted octanol–water partition coefficient (Wildman–Crippen LogP) is 3.23. The molecule has 1 aromatic rings. The molecule has 2 rings (SSSR count). The highest BCUT2D eigenvalue weighted by atomic mass is 16.5. The molecular weight excluding hydrogens is 250 g/mol. The Morgan fingerprint density at radius 2 is 2.00 bits per heavy atom. The molecule has 3 heteroatoms. The van der Waals surface area contributed by atoms with Gasteiger partial charge in [0.1, 0.15) is 0 Å². The molecule has 1 aromatic carbocycles. The number of likely N-dealkylation sites (N-methyl/N-ethyl adjacent to an activating group) is 1. The van der Waals surface area contributed by atoms with Crippen LogP contribution in [0.15, 0.2) is 24.3 Å². The summed E-state index contributed by atoms with van der Waals surface area (Å²) >= 11 is 0. The van der Waals surface area contributed by atoms with Crippen molar-refractivity contribution in [3.8, 4) is 0 Å². The van der Waals surface area contributed by atoms with Gasteiger partial charge in [0.2, 0.25) is 0 Å². The highest BCUT2D eigenvalue weighted by Crippen LogP contribution is 2.27. The highest BCUT2D eigenvalue weighted by Gasteiger charge is 2.27. The van der Waals surface area contributed by atoms with Gasteiger partial charge >= 0.3 is 0 Å². The molecule has 3 unspecified atom stereocenters. The van der Waals surface area contributed by atoms with Crippen LogP contribution in [-0.2, 0) is 9.47 Å². The molecular formula is C17H27NO2. The Kier molecular flexibility index (Phi) is 5.58. The van der Waals surface area contributed by atoms with E-state index in [1.165, 1.54) is 11.1 Å². The van der Waals surface area contributed by atoms with Gasteiger partial charge in [0.25, 0.3) is 0 Å². The molecule has 1 aliphatic heterocycles. The van der Waals surface area contributed by atoms with Crippen LogP contribution in [0.3, 0.4) is 0 Å². The number of nitrogens with one attached hydrogen (secondary N) is 1. The van der Waals surface area contributed by atoms with Crippen LogP contribution in [0.5, 0.6) is 0 Å². The van der Waals surface area contributed by atoms with Gasteiger partial charge in [0, 0.05) is 6.54 Å². The van der Waals surface area contributed by atoms with Crippen molar-refractivity contribution >= 4 is 0 Å². The van der Waals surface area contributed by atoms with E-state index in [0.717, 1.165) is 19.4 Å². The quantitative estimate of drug-likeness (QED) is 0.896. The maximum absolute atomic E-state index is 6.37. The van der Waals surface area contributed by atoms with Gasteiger partial charge in [-0.15, -0.1) is 0 Å². The first-order valence-corrected chi connectivity index (χ1v) is 7.60. The average molecular weight is 277 g/mol. The maximum Gasteiger partial charge on any atom is 0.0952 e. The molecule has 0 amide bonds. The monoisotopic (exact) mass is 277 g/mol. The van der Waals surface area contributed by atoms with Gasteiger partial charge in [-0.2, -0.15) is 0 Å². The minimum absolute atomic E-state index is 0.113. The summed E-state index contributed by atoms with van der Waals surface area (Å²) in [6.07, 6.45) is 2.94. The standard InChI is InChI=1S/C17H27NO2/c1-12-6-5-7-15(8-12)17(11-18-4)20-16-9-13(2)19-14(3)10-16/h5-8,13-14,16-18H,9-11H2,1-4H3. The summed E-state index contributed by atoms with van der Waals surface area (Å²) < 4.78 is 12.2. The first-order chi connectivity index (χ1) is 9.58. The van der Waals surface area contributed by atoms with Crippen molar-refractivity contribution in [2.75, 3.05) is 13.6 Å². The lowest BCUT2D eigenvalue weighted by Crippen LogP contribution is -2.36. The lowest BCUT2D eigenvalue weighted by Gasteiger charge is -2.34. The molecule has 1 fully saturated rings. The smallest absolute Gasteiger partial charge is 0.0952 e. The lowest BCUT2D eigenvalue weighted by atomic mass is 10.0. The van der Waals surface area contributed by atoms with E-state index in [0.29, 0.717) is 0 Å². The van der Waals surface area contributed by atoms with Gasteiger partial charge in [-0.3, -0.25) is 0 Å². The summed E-state index contributed by atoms with van der Waals surface area (Å²) in [5, 5.41) is 3.24. The van der Waals surface area contributed by atoms with E-state index < -0.39 is 0 Å². The van der Waals surface area contributed by atoms with Crippen LogP contribution in [0.4, 0.5) is 0 Å². The molecule has 1 saturated heterocycles. The molecule has 1 heterocycles. The third kappa shape index (κ3) is 4.30. The maximum atomic E-state index is 6.37. The zero-order chi connectivity index (χ0) is 14.5. The Morgan fingerprint density at radius 1 is 1.30 bits per heavy atom. The summed E-state index contributed by atoms with van der Waals surface area (Å²) in [5.74, 6) is 0. The molecule has 0 aliphatic carbocycles. The molecule has 3 nitrogen and oxygen atoms in total. The van der Waals surface area contributed by atoms with E-state index in [2.05, 4.69) is 50.4 Å². The minimum Gasteiger partial charge on any atom is -0.375 e. The van der Waals surface area contributed by atoms with Gasteiger partial charge in [-0.1, -0.05) is 29.8 Å². The van der Waals surface area contributed by atoms with Crippen molar-refractivity contribution in [1.29, 1.82) is 0 Å². The SMILES string of the molecule is CNCC(OC1CC(C)OC(C)C1)c1cccc(C)c1. The minimum atomic E-state index is 0.113. The Bertz CT molecular complexity index is 411. The Morgan fingerprint density at radius 3 is 2.60 bits per heavy atom. The Balaban J connectivity index is 2.05. The second-order valence-corrected chi connectivity index (χ2v) is 5.95. The molecule has 1 N–H and O–H groups in total. The summed E-state index contributed by atoms with van der Waals surface area (Å²) in [6, 6.07) is 8.60. The number of aryl methyl sites for hydroxylation is 1. The molecule has 1 aliphatic rings. The number of rotatable bonds is 5. The first kappa shape index (κ1) is 15.5. The third-order valence-electron chi connectivity index (χ3n) is 3.81. The molecule has 0 saturated carbocycles. The fourth-order valence-electron chi connectivity index (χ4n) is 2.99. The zero-order valence-corrected chi connectivity index (χ0v) is 13.1. The molecule has 0 bridgehead atoms. The summed E-state index contributed by atoms with van der Waals surface area (Å²) in [4.78, 5) is 0. The van der Waals surface area contributed by atoms with Gasteiger partial charge in [-0.25, -0.2) is 0 Å². The van der Waals surface area contributed by atoms with Gasteiger partial charge in [0.15, 0.2) is 0 Å². The van der Waals surface area contributed by atoms with Crippen LogP contribution in [0.2, 0.25) is 0 Å². The van der Waals surface area contributed by atoms with E-state index in [-0.39, 0.29) is 24.4 Å². The second kappa shape index (κ2) is 7.21. The fourth-order valence-corrected chi connectivity index (χ4v) is 2.99. The van der Waals surface area contributed by atoms with Crippen LogP contribution < -0.4 is 5.32 Å². The average Bonchev–Trinajstić information content (AvgIpc) is 2.37. The number of hydrogen-bond donors (Lipinski definition) is 1. The van der Waals surface area contributed by atoms with E-state index >= 15 is 0 Å². The van der Waals surface area contributed by atoms with E-state index in [9.17, 15) is 0 Å². The van der Waals surface area contributed by atoms with Crippen LogP contribution in [-0.4, -0.2) is 31.9 Å². The van der Waals surface area contributed by atoms with Gasteiger partial charge in [-0.05, 0) is 46.2 Å². The van der Waals surface area contributed by atoms with E-state index in [4.69, 9.17) is 9.47 Å². The molecule has 3 atom stereocenters. The fraction of sp³-hybridized carbons (Fsp3) is 0.647.